The molecule has 1 aromatic heterocycles. The van der Waals surface area contributed by atoms with Gasteiger partial charge in [-0.3, -0.25) is 4.79 Å². The lowest BCUT2D eigenvalue weighted by Crippen LogP contribution is -2.10. The number of Topliss-reactive ketones (excluding diaryl/α,β-unsaturated/α-hetero) is 1. The van der Waals surface area contributed by atoms with E-state index in [0.29, 0.717) is 21.9 Å². The molecule has 0 atom stereocenters. The van der Waals surface area contributed by atoms with E-state index < -0.39 is 6.61 Å². The van der Waals surface area contributed by atoms with Crippen molar-refractivity contribution in [3.63, 3.8) is 0 Å². The van der Waals surface area contributed by atoms with Crippen molar-refractivity contribution in [1.29, 1.82) is 0 Å². The highest BCUT2D eigenvalue weighted by atomic mass is 35.5. The summed E-state index contributed by atoms with van der Waals surface area (Å²) in [6, 6.07) is 11.5. The molecule has 3 rings (SSSR count). The lowest BCUT2D eigenvalue weighted by molar-refractivity contribution is -0.117. The van der Waals surface area contributed by atoms with Gasteiger partial charge in [-0.05, 0) is 23.8 Å². The number of rotatable bonds is 7. The second-order valence-corrected chi connectivity index (χ2v) is 5.97. The van der Waals surface area contributed by atoms with Crippen molar-refractivity contribution in [3.8, 4) is 17.1 Å². The van der Waals surface area contributed by atoms with Crippen LogP contribution in [0.5, 0.6) is 5.75 Å². The minimum atomic E-state index is -2.94. The molecule has 0 spiro atoms. The Morgan fingerprint density at radius 3 is 2.69 bits per heavy atom. The standard InChI is InChI=1S/C19H14ClF2NO3/c20-16-8-12(5-6-15(16)18-10-23-11-25-18)7-14(24)9-13-3-1-2-4-17(13)26-19(21)22/h1-6,8,10-11,19H,7,9H2. The average molecular weight is 378 g/mol. The third-order valence-corrected chi connectivity index (χ3v) is 4.02. The summed E-state index contributed by atoms with van der Waals surface area (Å²) in [5.74, 6) is 0.402. The Labute approximate surface area is 153 Å². The molecule has 0 aliphatic carbocycles. The second-order valence-electron chi connectivity index (χ2n) is 5.56. The van der Waals surface area contributed by atoms with Gasteiger partial charge in [-0.1, -0.05) is 35.9 Å². The zero-order valence-corrected chi connectivity index (χ0v) is 14.2. The van der Waals surface area contributed by atoms with Crippen molar-refractivity contribution in [2.45, 2.75) is 19.5 Å². The Bertz CT molecular complexity index is 898. The van der Waals surface area contributed by atoms with E-state index in [9.17, 15) is 13.6 Å². The van der Waals surface area contributed by atoms with Gasteiger partial charge in [-0.25, -0.2) is 4.98 Å². The van der Waals surface area contributed by atoms with E-state index >= 15 is 0 Å². The van der Waals surface area contributed by atoms with E-state index in [4.69, 9.17) is 16.0 Å². The number of para-hydroxylation sites is 1. The molecule has 1 heterocycles. The molecule has 0 aliphatic heterocycles. The van der Waals surface area contributed by atoms with E-state index in [0.717, 1.165) is 5.56 Å². The zero-order valence-electron chi connectivity index (χ0n) is 13.5. The maximum absolute atomic E-state index is 12.4. The van der Waals surface area contributed by atoms with Crippen molar-refractivity contribution < 1.29 is 22.7 Å². The van der Waals surface area contributed by atoms with Gasteiger partial charge in [0.05, 0.1) is 11.2 Å². The average Bonchev–Trinajstić information content (AvgIpc) is 3.10. The van der Waals surface area contributed by atoms with Crippen LogP contribution in [0.15, 0.2) is 59.5 Å². The van der Waals surface area contributed by atoms with E-state index in [1.54, 1.807) is 42.6 Å². The number of benzene rings is 2. The van der Waals surface area contributed by atoms with E-state index in [1.807, 2.05) is 0 Å². The number of alkyl halides is 2. The highest BCUT2D eigenvalue weighted by Gasteiger charge is 2.14. The SMILES string of the molecule is O=C(Cc1ccc(-c2cnco2)c(Cl)c1)Cc1ccccc1OC(F)F. The lowest BCUT2D eigenvalue weighted by Gasteiger charge is -2.10. The molecule has 0 bridgehead atoms. The van der Waals surface area contributed by atoms with Crippen LogP contribution in [0, 0.1) is 0 Å². The van der Waals surface area contributed by atoms with Crippen LogP contribution < -0.4 is 4.74 Å². The number of ketones is 1. The van der Waals surface area contributed by atoms with Gasteiger partial charge in [0.2, 0.25) is 0 Å². The number of halogens is 3. The molecule has 26 heavy (non-hydrogen) atoms. The summed E-state index contributed by atoms with van der Waals surface area (Å²) in [5.41, 5.74) is 1.81. The monoisotopic (exact) mass is 377 g/mol. The minimum absolute atomic E-state index is 0.00884. The molecule has 0 amide bonds. The molecule has 0 unspecified atom stereocenters. The molecule has 0 N–H and O–H groups in total. The number of carbonyl (C=O) groups is 1. The van der Waals surface area contributed by atoms with Gasteiger partial charge >= 0.3 is 6.61 Å². The van der Waals surface area contributed by atoms with Gasteiger partial charge in [-0.15, -0.1) is 0 Å². The first-order valence-electron chi connectivity index (χ1n) is 7.74. The second kappa shape index (κ2) is 8.10. The third kappa shape index (κ3) is 4.46. The number of aromatic nitrogens is 1. The topological polar surface area (TPSA) is 52.3 Å². The Morgan fingerprint density at radius 2 is 2.00 bits per heavy atom. The van der Waals surface area contributed by atoms with Gasteiger partial charge in [0.25, 0.3) is 0 Å². The van der Waals surface area contributed by atoms with Crippen molar-refractivity contribution in [2.24, 2.45) is 0 Å². The Kier molecular flexibility index (Phi) is 5.63. The highest BCUT2D eigenvalue weighted by Crippen LogP contribution is 2.29. The fourth-order valence-corrected chi connectivity index (χ4v) is 2.88. The summed E-state index contributed by atoms with van der Waals surface area (Å²) in [6.07, 6.45) is 2.97. The molecule has 4 nitrogen and oxygen atoms in total. The molecule has 2 aromatic carbocycles. The van der Waals surface area contributed by atoms with Gasteiger partial charge in [0.15, 0.2) is 12.2 Å². The van der Waals surface area contributed by atoms with E-state index in [-0.39, 0.29) is 24.4 Å². The Hall–Kier alpha value is -2.73. The molecule has 3 aromatic rings. The number of ether oxygens (including phenoxy) is 1. The Morgan fingerprint density at radius 1 is 1.19 bits per heavy atom. The molecule has 134 valence electrons. The molecule has 0 saturated heterocycles. The smallest absolute Gasteiger partial charge is 0.387 e. The molecule has 0 radical (unpaired) electrons. The van der Waals surface area contributed by atoms with Gasteiger partial charge < -0.3 is 9.15 Å². The summed E-state index contributed by atoms with van der Waals surface area (Å²) in [4.78, 5) is 16.2. The van der Waals surface area contributed by atoms with Crippen LogP contribution in [-0.4, -0.2) is 17.4 Å². The van der Waals surface area contributed by atoms with Crippen molar-refractivity contribution in [2.75, 3.05) is 0 Å². The van der Waals surface area contributed by atoms with Gasteiger partial charge in [0, 0.05) is 24.0 Å². The molecule has 0 saturated carbocycles. The number of oxazole rings is 1. The van der Waals surface area contributed by atoms with Crippen molar-refractivity contribution in [1.82, 2.24) is 4.98 Å². The fourth-order valence-electron chi connectivity index (χ4n) is 2.58. The normalized spacial score (nSPS) is 10.9. The maximum Gasteiger partial charge on any atom is 0.387 e. The van der Waals surface area contributed by atoms with Crippen LogP contribution in [0.4, 0.5) is 8.78 Å². The summed E-state index contributed by atoms with van der Waals surface area (Å²) < 4.78 is 34.6. The van der Waals surface area contributed by atoms with Crippen LogP contribution in [0.3, 0.4) is 0 Å². The zero-order chi connectivity index (χ0) is 18.5. The van der Waals surface area contributed by atoms with Crippen LogP contribution in [0.25, 0.3) is 11.3 Å². The maximum atomic E-state index is 12.4. The molecule has 7 heteroatoms. The third-order valence-electron chi connectivity index (χ3n) is 3.71. The van der Waals surface area contributed by atoms with Gasteiger partial charge in [0.1, 0.15) is 11.5 Å². The molecular formula is C19H14ClF2NO3. The predicted octanol–water partition coefficient (Wildman–Crippen LogP) is 4.95. The first kappa shape index (κ1) is 18.1. The van der Waals surface area contributed by atoms with Crippen LogP contribution in [0.1, 0.15) is 11.1 Å². The summed E-state index contributed by atoms with van der Waals surface area (Å²) in [5, 5.41) is 0.438. The number of hydrogen-bond acceptors (Lipinski definition) is 4. The molecule has 0 fully saturated rings. The molecule has 0 aliphatic rings. The van der Waals surface area contributed by atoms with Crippen LogP contribution >= 0.6 is 11.6 Å². The van der Waals surface area contributed by atoms with Crippen LogP contribution in [-0.2, 0) is 17.6 Å². The van der Waals surface area contributed by atoms with Gasteiger partial charge in [-0.2, -0.15) is 8.78 Å². The summed E-state index contributed by atoms with van der Waals surface area (Å²) in [7, 11) is 0. The first-order valence-corrected chi connectivity index (χ1v) is 8.12. The minimum Gasteiger partial charge on any atom is -0.443 e. The largest absolute Gasteiger partial charge is 0.443 e. The van der Waals surface area contributed by atoms with Crippen LogP contribution in [0.2, 0.25) is 5.02 Å². The number of hydrogen-bond donors (Lipinski definition) is 0. The highest BCUT2D eigenvalue weighted by molar-refractivity contribution is 6.33. The number of carbonyl (C=O) groups excluding carboxylic acids is 1. The number of nitrogens with zero attached hydrogens (tertiary/aromatic N) is 1. The Balaban J connectivity index is 1.70. The van der Waals surface area contributed by atoms with Crippen molar-refractivity contribution in [3.05, 3.63) is 71.2 Å². The fraction of sp³-hybridized carbons (Fsp3) is 0.158. The van der Waals surface area contributed by atoms with Crippen molar-refractivity contribution >= 4 is 17.4 Å². The molecular weight excluding hydrogens is 364 g/mol. The quantitative estimate of drug-likeness (QED) is 0.584. The van der Waals surface area contributed by atoms with E-state index in [2.05, 4.69) is 9.72 Å². The van der Waals surface area contributed by atoms with E-state index in [1.165, 1.54) is 12.5 Å². The summed E-state index contributed by atoms with van der Waals surface area (Å²) in [6.45, 7) is -2.94. The predicted molar refractivity (Wildman–Crippen MR) is 92.4 cm³/mol. The lowest BCUT2D eigenvalue weighted by atomic mass is 10.0. The first-order chi connectivity index (χ1) is 12.5. The summed E-state index contributed by atoms with van der Waals surface area (Å²) >= 11 is 6.24.